The van der Waals surface area contributed by atoms with Crippen LogP contribution in [0, 0.1) is 27.3 Å². The van der Waals surface area contributed by atoms with Gasteiger partial charge in [0.25, 0.3) is 5.69 Å². The van der Waals surface area contributed by atoms with Gasteiger partial charge in [-0.1, -0.05) is 30.3 Å². The van der Waals surface area contributed by atoms with Crippen LogP contribution in [0.5, 0.6) is 11.5 Å². The maximum absolute atomic E-state index is 13.6. The van der Waals surface area contributed by atoms with E-state index in [0.29, 0.717) is 40.2 Å². The van der Waals surface area contributed by atoms with Gasteiger partial charge in [-0.2, -0.15) is 5.26 Å². The molecule has 0 saturated heterocycles. The predicted molar refractivity (Wildman–Crippen MR) is 124 cm³/mol. The van der Waals surface area contributed by atoms with Crippen molar-refractivity contribution >= 4 is 17.3 Å². The molecule has 0 aliphatic rings. The number of benzene rings is 3. The smallest absolute Gasteiger partial charge is 0.269 e. The zero-order valence-corrected chi connectivity index (χ0v) is 18.0. The molecule has 0 aliphatic heterocycles. The fourth-order valence-electron chi connectivity index (χ4n) is 3.31. The minimum absolute atomic E-state index is 0.0174. The third-order valence-corrected chi connectivity index (χ3v) is 4.81. The second-order valence-corrected chi connectivity index (χ2v) is 7.10. The first-order valence-electron chi connectivity index (χ1n) is 10.0. The number of nitriles is 1. The molecular formula is C26H21FN2O4. The van der Waals surface area contributed by atoms with Gasteiger partial charge in [0.05, 0.1) is 23.7 Å². The monoisotopic (exact) mass is 444 g/mol. The molecule has 0 radical (unpaired) electrons. The Balaban J connectivity index is 1.97. The molecule has 0 N–H and O–H groups in total. The highest BCUT2D eigenvalue weighted by atomic mass is 19.1. The summed E-state index contributed by atoms with van der Waals surface area (Å²) in [5.74, 6) is 0.483. The summed E-state index contributed by atoms with van der Waals surface area (Å²) in [5, 5.41) is 20.6. The van der Waals surface area contributed by atoms with E-state index in [1.165, 1.54) is 31.4 Å². The highest BCUT2D eigenvalue weighted by Crippen LogP contribution is 2.35. The van der Waals surface area contributed by atoms with Crippen molar-refractivity contribution in [3.63, 3.8) is 0 Å². The lowest BCUT2D eigenvalue weighted by Crippen LogP contribution is -2.02. The molecule has 0 saturated carbocycles. The van der Waals surface area contributed by atoms with Crippen molar-refractivity contribution in [2.24, 2.45) is 0 Å². The van der Waals surface area contributed by atoms with Crippen LogP contribution in [0.15, 0.2) is 73.3 Å². The normalized spacial score (nSPS) is 10.9. The van der Waals surface area contributed by atoms with Crippen LogP contribution >= 0.6 is 0 Å². The van der Waals surface area contributed by atoms with Gasteiger partial charge < -0.3 is 9.47 Å². The molecule has 3 aromatic carbocycles. The van der Waals surface area contributed by atoms with E-state index in [-0.39, 0.29) is 12.3 Å². The quantitative estimate of drug-likeness (QED) is 0.131. The van der Waals surface area contributed by atoms with Gasteiger partial charge in [-0.05, 0) is 53.5 Å². The van der Waals surface area contributed by atoms with Crippen LogP contribution in [0.3, 0.4) is 0 Å². The molecule has 0 heterocycles. The Labute approximate surface area is 191 Å². The third-order valence-electron chi connectivity index (χ3n) is 4.81. The SMILES string of the molecule is C=CCc1cc(C=C(C#N)c2cccc(F)c2)cc(OC)c1OCc1cccc([N+](=O)[O-])c1. The van der Waals surface area contributed by atoms with Gasteiger partial charge in [-0.3, -0.25) is 10.1 Å². The van der Waals surface area contributed by atoms with E-state index in [1.807, 2.05) is 6.07 Å². The number of nitrogens with zero attached hydrogens (tertiary/aromatic N) is 2. The van der Waals surface area contributed by atoms with Gasteiger partial charge in [0, 0.05) is 17.7 Å². The van der Waals surface area contributed by atoms with Gasteiger partial charge in [-0.15, -0.1) is 6.58 Å². The van der Waals surface area contributed by atoms with Gasteiger partial charge in [0.1, 0.15) is 12.4 Å². The van der Waals surface area contributed by atoms with Crippen LogP contribution in [0.1, 0.15) is 22.3 Å². The molecule has 33 heavy (non-hydrogen) atoms. The molecule has 0 aliphatic carbocycles. The number of halogens is 1. The van der Waals surface area contributed by atoms with Crippen molar-refractivity contribution in [3.8, 4) is 17.6 Å². The van der Waals surface area contributed by atoms with Crippen molar-refractivity contribution in [1.29, 1.82) is 5.26 Å². The van der Waals surface area contributed by atoms with Crippen LogP contribution in [0.4, 0.5) is 10.1 Å². The Hall–Kier alpha value is -4.44. The summed E-state index contributed by atoms with van der Waals surface area (Å²) in [6.45, 7) is 3.89. The molecule has 3 aromatic rings. The highest BCUT2D eigenvalue weighted by Gasteiger charge is 2.14. The molecule has 0 bridgehead atoms. The second kappa shape index (κ2) is 10.7. The van der Waals surface area contributed by atoms with E-state index in [4.69, 9.17) is 9.47 Å². The summed E-state index contributed by atoms with van der Waals surface area (Å²) in [6, 6.07) is 17.7. The summed E-state index contributed by atoms with van der Waals surface area (Å²) < 4.78 is 25.1. The van der Waals surface area contributed by atoms with Crippen LogP contribution in [0.2, 0.25) is 0 Å². The molecule has 0 unspecified atom stereocenters. The second-order valence-electron chi connectivity index (χ2n) is 7.10. The van der Waals surface area contributed by atoms with Gasteiger partial charge >= 0.3 is 0 Å². The van der Waals surface area contributed by atoms with Crippen LogP contribution in [-0.4, -0.2) is 12.0 Å². The first kappa shape index (κ1) is 23.2. The van der Waals surface area contributed by atoms with Crippen molar-refractivity contribution < 1.29 is 18.8 Å². The van der Waals surface area contributed by atoms with Crippen molar-refractivity contribution in [2.75, 3.05) is 7.11 Å². The molecule has 0 fully saturated rings. The van der Waals surface area contributed by atoms with Crippen LogP contribution < -0.4 is 9.47 Å². The number of rotatable bonds is 9. The molecule has 6 nitrogen and oxygen atoms in total. The van der Waals surface area contributed by atoms with E-state index >= 15 is 0 Å². The van der Waals surface area contributed by atoms with E-state index in [1.54, 1.807) is 42.5 Å². The Morgan fingerprint density at radius 3 is 2.67 bits per heavy atom. The van der Waals surface area contributed by atoms with Crippen molar-refractivity contribution in [3.05, 3.63) is 112 Å². The molecule has 0 spiro atoms. The predicted octanol–water partition coefficient (Wildman–Crippen LogP) is 6.11. The lowest BCUT2D eigenvalue weighted by molar-refractivity contribution is -0.384. The molecule has 0 atom stereocenters. The van der Waals surface area contributed by atoms with Crippen molar-refractivity contribution in [2.45, 2.75) is 13.0 Å². The largest absolute Gasteiger partial charge is 0.493 e. The number of nitro benzene ring substituents is 1. The standard InChI is InChI=1S/C26H21FN2O4/c1-3-6-21-11-19(12-22(16-28)20-8-5-9-23(27)15-20)14-25(32-2)26(21)33-17-18-7-4-10-24(13-18)29(30)31/h3-5,7-15H,1,6,17H2,2H3. The van der Waals surface area contributed by atoms with Gasteiger partial charge in [0.15, 0.2) is 11.5 Å². The molecule has 7 heteroatoms. The highest BCUT2D eigenvalue weighted by molar-refractivity contribution is 5.90. The first-order valence-corrected chi connectivity index (χ1v) is 10.0. The topological polar surface area (TPSA) is 85.4 Å². The van der Waals surface area contributed by atoms with Crippen molar-refractivity contribution in [1.82, 2.24) is 0 Å². The average molecular weight is 444 g/mol. The minimum Gasteiger partial charge on any atom is -0.493 e. The minimum atomic E-state index is -0.459. The summed E-state index contributed by atoms with van der Waals surface area (Å²) in [4.78, 5) is 10.6. The molecule has 0 amide bonds. The summed E-state index contributed by atoms with van der Waals surface area (Å²) in [5.41, 5.74) is 2.82. The number of hydrogen-bond acceptors (Lipinski definition) is 5. The number of hydrogen-bond donors (Lipinski definition) is 0. The number of methoxy groups -OCH3 is 1. The maximum atomic E-state index is 13.6. The Kier molecular flexibility index (Phi) is 7.55. The van der Waals surface area contributed by atoms with E-state index in [0.717, 1.165) is 5.56 Å². The Morgan fingerprint density at radius 1 is 1.21 bits per heavy atom. The molecule has 0 aromatic heterocycles. The number of ether oxygens (including phenoxy) is 2. The van der Waals surface area contributed by atoms with E-state index in [2.05, 4.69) is 12.6 Å². The summed E-state index contributed by atoms with van der Waals surface area (Å²) in [7, 11) is 1.50. The molecule has 166 valence electrons. The fourth-order valence-corrected chi connectivity index (χ4v) is 3.31. The zero-order chi connectivity index (χ0) is 23.8. The van der Waals surface area contributed by atoms with Gasteiger partial charge in [-0.25, -0.2) is 4.39 Å². The zero-order valence-electron chi connectivity index (χ0n) is 18.0. The lowest BCUT2D eigenvalue weighted by atomic mass is 10.0. The van der Waals surface area contributed by atoms with E-state index in [9.17, 15) is 19.8 Å². The van der Waals surface area contributed by atoms with Crippen LogP contribution in [-0.2, 0) is 13.0 Å². The third kappa shape index (κ3) is 5.83. The Morgan fingerprint density at radius 2 is 2.00 bits per heavy atom. The summed E-state index contributed by atoms with van der Waals surface area (Å²) >= 11 is 0. The number of allylic oxidation sites excluding steroid dienone is 2. The van der Waals surface area contributed by atoms with Gasteiger partial charge in [0.2, 0.25) is 0 Å². The average Bonchev–Trinajstić information content (AvgIpc) is 2.81. The number of nitro groups is 1. The summed E-state index contributed by atoms with van der Waals surface area (Å²) in [6.07, 6.45) is 3.82. The lowest BCUT2D eigenvalue weighted by Gasteiger charge is -2.16. The fraction of sp³-hybridized carbons (Fsp3) is 0.115. The van der Waals surface area contributed by atoms with Crippen LogP contribution in [0.25, 0.3) is 11.6 Å². The Bertz CT molecular complexity index is 1260. The molecular weight excluding hydrogens is 423 g/mol. The first-order chi connectivity index (χ1) is 15.9. The maximum Gasteiger partial charge on any atom is 0.269 e. The van der Waals surface area contributed by atoms with E-state index < -0.39 is 10.7 Å². The number of non-ortho nitro benzene ring substituents is 1. The molecule has 3 rings (SSSR count).